The van der Waals surface area contributed by atoms with Gasteiger partial charge in [0.05, 0.1) is 6.04 Å². The second-order valence-electron chi connectivity index (χ2n) is 3.31. The van der Waals surface area contributed by atoms with Gasteiger partial charge in [-0.15, -0.1) is 0 Å². The van der Waals surface area contributed by atoms with Crippen LogP contribution < -0.4 is 0 Å². The van der Waals surface area contributed by atoms with Crippen molar-refractivity contribution < 1.29 is 19.1 Å². The summed E-state index contributed by atoms with van der Waals surface area (Å²) >= 11 is 5.29. The van der Waals surface area contributed by atoms with E-state index in [1.165, 1.54) is 6.92 Å². The molecule has 0 spiro atoms. The number of hydrogen-bond donors (Lipinski definition) is 0. The molecule has 0 aliphatic carbocycles. The number of likely N-dealkylation sites (tertiary alicyclic amines) is 1. The number of rotatable bonds is 3. The summed E-state index contributed by atoms with van der Waals surface area (Å²) in [6, 6.07) is -0.236. The molecule has 0 aromatic heterocycles. The van der Waals surface area contributed by atoms with E-state index in [0.29, 0.717) is 6.54 Å². The number of alkyl halides is 1. The molecular formula is C9H14ClNO4. The molecule has 1 rings (SSSR count). The van der Waals surface area contributed by atoms with Crippen molar-refractivity contribution in [2.45, 2.75) is 25.8 Å². The molecule has 0 N–H and O–H groups in total. The van der Waals surface area contributed by atoms with E-state index in [-0.39, 0.29) is 24.7 Å². The first kappa shape index (κ1) is 12.1. The molecule has 1 amide bonds. The van der Waals surface area contributed by atoms with Gasteiger partial charge in [0.1, 0.15) is 6.61 Å². The fourth-order valence-corrected chi connectivity index (χ4v) is 1.69. The molecule has 1 atom stereocenters. The molecule has 1 aliphatic rings. The van der Waals surface area contributed by atoms with Crippen LogP contribution in [0.1, 0.15) is 19.8 Å². The Hall–Kier alpha value is -0.970. The molecule has 1 aliphatic heterocycles. The Morgan fingerprint density at radius 2 is 2.20 bits per heavy atom. The molecule has 1 heterocycles. The zero-order valence-electron chi connectivity index (χ0n) is 8.57. The maximum Gasteiger partial charge on any atom is 0.411 e. The number of halogens is 1. The Balaban J connectivity index is 2.42. The highest BCUT2D eigenvalue weighted by atomic mass is 35.5. The molecule has 0 bridgehead atoms. The molecule has 0 aromatic rings. The van der Waals surface area contributed by atoms with Gasteiger partial charge in [0.25, 0.3) is 0 Å². The summed E-state index contributed by atoms with van der Waals surface area (Å²) in [6.45, 7) is 2.20. The van der Waals surface area contributed by atoms with Gasteiger partial charge in [-0.2, -0.15) is 0 Å². The van der Waals surface area contributed by atoms with E-state index in [9.17, 15) is 9.59 Å². The number of ether oxygens (including phenoxy) is 2. The number of hydrogen-bond acceptors (Lipinski definition) is 4. The van der Waals surface area contributed by atoms with Crippen molar-refractivity contribution >= 4 is 23.7 Å². The Bertz CT molecular complexity index is 246. The third kappa shape index (κ3) is 3.58. The van der Waals surface area contributed by atoms with Crippen LogP contribution >= 0.6 is 11.6 Å². The van der Waals surface area contributed by atoms with Gasteiger partial charge in [0, 0.05) is 13.5 Å². The summed E-state index contributed by atoms with van der Waals surface area (Å²) in [7, 11) is 0. The van der Waals surface area contributed by atoms with E-state index in [1.54, 1.807) is 4.90 Å². The first-order chi connectivity index (χ1) is 7.15. The molecule has 15 heavy (non-hydrogen) atoms. The third-order valence-electron chi connectivity index (χ3n) is 2.27. The van der Waals surface area contributed by atoms with Crippen molar-refractivity contribution in [2.75, 3.05) is 19.2 Å². The first-order valence-electron chi connectivity index (χ1n) is 4.78. The average molecular weight is 236 g/mol. The monoisotopic (exact) mass is 235 g/mol. The summed E-state index contributed by atoms with van der Waals surface area (Å²) in [5, 5.41) is 0. The topological polar surface area (TPSA) is 55.8 Å². The van der Waals surface area contributed by atoms with Crippen LogP contribution in [0.15, 0.2) is 0 Å². The first-order valence-corrected chi connectivity index (χ1v) is 5.31. The third-order valence-corrected chi connectivity index (χ3v) is 2.38. The minimum absolute atomic E-state index is 0.0791. The van der Waals surface area contributed by atoms with Crippen LogP contribution in [0.25, 0.3) is 0 Å². The maximum atomic E-state index is 11.4. The van der Waals surface area contributed by atoms with Gasteiger partial charge in [0.15, 0.2) is 6.07 Å². The molecule has 0 saturated carbocycles. The molecule has 1 fully saturated rings. The van der Waals surface area contributed by atoms with Crippen LogP contribution in [0.4, 0.5) is 4.79 Å². The fraction of sp³-hybridized carbons (Fsp3) is 0.778. The van der Waals surface area contributed by atoms with Crippen LogP contribution in [0.3, 0.4) is 0 Å². The van der Waals surface area contributed by atoms with Crippen molar-refractivity contribution in [3.8, 4) is 0 Å². The summed E-state index contributed by atoms with van der Waals surface area (Å²) in [5.41, 5.74) is 0. The summed E-state index contributed by atoms with van der Waals surface area (Å²) in [5.74, 6) is -0.340. The van der Waals surface area contributed by atoms with Gasteiger partial charge in [-0.1, -0.05) is 11.6 Å². The highest BCUT2D eigenvalue weighted by Gasteiger charge is 2.30. The molecule has 1 saturated heterocycles. The van der Waals surface area contributed by atoms with Gasteiger partial charge < -0.3 is 14.4 Å². The van der Waals surface area contributed by atoms with E-state index in [2.05, 4.69) is 4.74 Å². The molecule has 6 heteroatoms. The van der Waals surface area contributed by atoms with E-state index in [1.807, 2.05) is 0 Å². The van der Waals surface area contributed by atoms with Crippen molar-refractivity contribution in [3.05, 3.63) is 0 Å². The largest absolute Gasteiger partial charge is 0.464 e. The highest BCUT2D eigenvalue weighted by Crippen LogP contribution is 2.18. The molecular weight excluding hydrogens is 222 g/mol. The van der Waals surface area contributed by atoms with Crippen LogP contribution in [-0.2, 0) is 14.3 Å². The SMILES string of the molecule is CC(=O)OCC1CCCN1C(=O)OCCl. The lowest BCUT2D eigenvalue weighted by Gasteiger charge is -2.22. The van der Waals surface area contributed by atoms with Crippen molar-refractivity contribution in [1.82, 2.24) is 4.90 Å². The summed E-state index contributed by atoms with van der Waals surface area (Å²) < 4.78 is 9.54. The number of nitrogens with zero attached hydrogens (tertiary/aromatic N) is 1. The van der Waals surface area contributed by atoms with Crippen molar-refractivity contribution in [1.29, 1.82) is 0 Å². The van der Waals surface area contributed by atoms with Crippen LogP contribution in [0.5, 0.6) is 0 Å². The van der Waals surface area contributed by atoms with Gasteiger partial charge in [-0.3, -0.25) is 4.79 Å². The normalized spacial score (nSPS) is 20.1. The minimum Gasteiger partial charge on any atom is -0.464 e. The van der Waals surface area contributed by atoms with E-state index >= 15 is 0 Å². The molecule has 1 unspecified atom stereocenters. The summed E-state index contributed by atoms with van der Waals surface area (Å²) in [6.07, 6.45) is 1.27. The van der Waals surface area contributed by atoms with Crippen LogP contribution in [0, 0.1) is 0 Å². The number of carbonyl (C=O) groups is 2. The second kappa shape index (κ2) is 5.80. The summed E-state index contributed by atoms with van der Waals surface area (Å²) in [4.78, 5) is 23.6. The lowest BCUT2D eigenvalue weighted by Crippen LogP contribution is -2.38. The standard InChI is InChI=1S/C9H14ClNO4/c1-7(12)14-5-8-3-2-4-11(8)9(13)15-6-10/h8H,2-6H2,1H3. The Labute approximate surface area is 93.3 Å². The van der Waals surface area contributed by atoms with Crippen molar-refractivity contribution in [2.24, 2.45) is 0 Å². The fourth-order valence-electron chi connectivity index (χ4n) is 1.59. The van der Waals surface area contributed by atoms with Crippen molar-refractivity contribution in [3.63, 3.8) is 0 Å². The maximum absolute atomic E-state index is 11.4. The van der Waals surface area contributed by atoms with Gasteiger partial charge in [0.2, 0.25) is 0 Å². The Kier molecular flexibility index (Phi) is 4.68. The predicted molar refractivity (Wildman–Crippen MR) is 53.6 cm³/mol. The highest BCUT2D eigenvalue weighted by molar-refractivity contribution is 6.17. The number of amides is 1. The molecule has 0 aromatic carbocycles. The Morgan fingerprint density at radius 1 is 1.47 bits per heavy atom. The minimum atomic E-state index is -0.445. The average Bonchev–Trinajstić information content (AvgIpc) is 2.62. The van der Waals surface area contributed by atoms with E-state index < -0.39 is 6.09 Å². The van der Waals surface area contributed by atoms with Crippen LogP contribution in [0.2, 0.25) is 0 Å². The second-order valence-corrected chi connectivity index (χ2v) is 3.53. The molecule has 5 nitrogen and oxygen atoms in total. The zero-order valence-corrected chi connectivity index (χ0v) is 9.33. The quantitative estimate of drug-likeness (QED) is 0.547. The predicted octanol–water partition coefficient (Wildman–Crippen LogP) is 1.35. The molecule has 0 radical (unpaired) electrons. The van der Waals surface area contributed by atoms with E-state index in [4.69, 9.17) is 16.3 Å². The van der Waals surface area contributed by atoms with E-state index in [0.717, 1.165) is 12.8 Å². The van der Waals surface area contributed by atoms with Gasteiger partial charge >= 0.3 is 12.1 Å². The lowest BCUT2D eigenvalue weighted by atomic mass is 10.2. The lowest BCUT2D eigenvalue weighted by molar-refractivity contribution is -0.142. The number of esters is 1. The van der Waals surface area contributed by atoms with Gasteiger partial charge in [-0.25, -0.2) is 4.79 Å². The molecule has 86 valence electrons. The van der Waals surface area contributed by atoms with Crippen LogP contribution in [-0.4, -0.2) is 42.2 Å². The number of carbonyl (C=O) groups excluding carboxylic acids is 2. The Morgan fingerprint density at radius 3 is 2.80 bits per heavy atom. The van der Waals surface area contributed by atoms with Gasteiger partial charge in [-0.05, 0) is 12.8 Å². The zero-order chi connectivity index (χ0) is 11.3. The smallest absolute Gasteiger partial charge is 0.411 e.